The van der Waals surface area contributed by atoms with Crippen molar-refractivity contribution in [1.29, 1.82) is 0 Å². The molecule has 5 heterocycles. The van der Waals surface area contributed by atoms with Crippen molar-refractivity contribution in [3.05, 3.63) is 68.4 Å². The van der Waals surface area contributed by atoms with Crippen LogP contribution in [-0.2, 0) is 20.8 Å². The highest BCUT2D eigenvalue weighted by atomic mass is 32.1. The Morgan fingerprint density at radius 2 is 1.98 bits per heavy atom. The van der Waals surface area contributed by atoms with Crippen LogP contribution in [0.5, 0.6) is 5.75 Å². The van der Waals surface area contributed by atoms with Gasteiger partial charge < -0.3 is 23.5 Å². The van der Waals surface area contributed by atoms with Gasteiger partial charge in [-0.05, 0) is 56.4 Å². The molecule has 2 fully saturated rings. The number of nitrogens with zero attached hydrogens (tertiary/aromatic N) is 4. The zero-order valence-corrected chi connectivity index (χ0v) is 25.0. The first kappa shape index (κ1) is 29.3. The Labute approximate surface area is 250 Å². The number of methoxy groups -OCH3 is 1. The Morgan fingerprint density at radius 1 is 1.19 bits per heavy atom. The van der Waals surface area contributed by atoms with E-state index in [0.29, 0.717) is 83.3 Å². The molecular weight excluding hydrogens is 579 g/mol. The van der Waals surface area contributed by atoms with Crippen LogP contribution in [0.15, 0.2) is 44.7 Å². The molecule has 1 aromatic carbocycles. The minimum Gasteiger partial charge on any atom is -0.496 e. The molecule has 13 heteroatoms. The lowest BCUT2D eigenvalue weighted by Crippen LogP contribution is -2.49. The Kier molecular flexibility index (Phi) is 8.21. The molecule has 0 radical (unpaired) electrons. The largest absolute Gasteiger partial charge is 0.496 e. The maximum absolute atomic E-state index is 14.6. The number of rotatable bonds is 8. The summed E-state index contributed by atoms with van der Waals surface area (Å²) >= 11 is 1.21. The highest BCUT2D eigenvalue weighted by molar-refractivity contribution is 7.22. The minimum absolute atomic E-state index is 0.0610. The van der Waals surface area contributed by atoms with Gasteiger partial charge in [-0.2, -0.15) is 0 Å². The number of hydrogen-bond donors (Lipinski definition) is 0. The number of benzene rings is 1. The van der Waals surface area contributed by atoms with Crippen molar-refractivity contribution in [3.8, 4) is 16.5 Å². The molecule has 2 saturated heterocycles. The second-order valence-electron chi connectivity index (χ2n) is 10.9. The van der Waals surface area contributed by atoms with E-state index in [1.54, 1.807) is 18.9 Å². The van der Waals surface area contributed by atoms with Crippen LogP contribution in [0.4, 0.5) is 4.39 Å². The molecule has 0 N–H and O–H groups in total. The molecule has 1 amide bonds. The first-order valence-corrected chi connectivity index (χ1v) is 15.1. The van der Waals surface area contributed by atoms with Crippen LogP contribution in [0.2, 0.25) is 0 Å². The summed E-state index contributed by atoms with van der Waals surface area (Å²) in [7, 11) is 3.16. The van der Waals surface area contributed by atoms with Crippen LogP contribution >= 0.6 is 11.3 Å². The number of thiophene rings is 1. The van der Waals surface area contributed by atoms with Gasteiger partial charge in [0.2, 0.25) is 11.8 Å². The standard InChI is InChI=1S/C30H33FN4O7S/c1-17-24-28(37)35(21-5-4-11-33(2)27(21)36)30(38)34(29(24)43-25(17)26-32-10-14-41-26)16-23(42-19-8-12-40-13-9-19)20-15-18(31)6-7-22(20)39-3/h6-7,10,14-15,19,21,23H,4-5,8-9,11-13,16H2,1-3H3. The predicted molar refractivity (Wildman–Crippen MR) is 157 cm³/mol. The Bertz CT molecular complexity index is 1760. The molecule has 2 aliphatic heterocycles. The van der Waals surface area contributed by atoms with Gasteiger partial charge in [-0.15, -0.1) is 11.3 Å². The molecule has 3 aromatic heterocycles. The van der Waals surface area contributed by atoms with Gasteiger partial charge in [-0.25, -0.2) is 18.7 Å². The maximum Gasteiger partial charge on any atom is 0.332 e. The van der Waals surface area contributed by atoms with E-state index in [1.165, 1.54) is 53.7 Å². The monoisotopic (exact) mass is 612 g/mol. The molecular formula is C30H33FN4O7S. The number of carbonyl (C=O) groups is 1. The lowest BCUT2D eigenvalue weighted by atomic mass is 10.0. The fourth-order valence-electron chi connectivity index (χ4n) is 5.97. The zero-order chi connectivity index (χ0) is 30.2. The van der Waals surface area contributed by atoms with E-state index in [1.807, 2.05) is 0 Å². The molecule has 11 nitrogen and oxygen atoms in total. The minimum atomic E-state index is -0.947. The lowest BCUT2D eigenvalue weighted by molar-refractivity contribution is -0.136. The molecule has 0 aliphatic carbocycles. The second-order valence-corrected chi connectivity index (χ2v) is 11.9. The summed E-state index contributed by atoms with van der Waals surface area (Å²) in [6.45, 7) is 3.31. The zero-order valence-electron chi connectivity index (χ0n) is 24.2. The van der Waals surface area contributed by atoms with Gasteiger partial charge >= 0.3 is 5.69 Å². The van der Waals surface area contributed by atoms with Crippen LogP contribution in [0.3, 0.4) is 0 Å². The molecule has 2 unspecified atom stereocenters. The molecule has 0 spiro atoms. The van der Waals surface area contributed by atoms with Crippen molar-refractivity contribution in [2.75, 3.05) is 33.9 Å². The number of aryl methyl sites for hydroxylation is 1. The van der Waals surface area contributed by atoms with Crippen LogP contribution in [0, 0.1) is 12.7 Å². The highest BCUT2D eigenvalue weighted by Crippen LogP contribution is 2.38. The van der Waals surface area contributed by atoms with E-state index in [0.717, 1.165) is 4.57 Å². The summed E-state index contributed by atoms with van der Waals surface area (Å²) in [5.74, 6) is -0.0475. The number of fused-ring (bicyclic) bond motifs is 1. The third-order valence-electron chi connectivity index (χ3n) is 8.23. The van der Waals surface area contributed by atoms with Crippen LogP contribution in [0.25, 0.3) is 21.0 Å². The van der Waals surface area contributed by atoms with E-state index >= 15 is 0 Å². The number of piperidine rings is 1. The van der Waals surface area contributed by atoms with Crippen molar-refractivity contribution in [3.63, 3.8) is 0 Å². The molecule has 43 heavy (non-hydrogen) atoms. The number of hydrogen-bond acceptors (Lipinski definition) is 9. The Hall–Kier alpha value is -3.81. The fourth-order valence-corrected chi connectivity index (χ4v) is 7.21. The normalized spacial score (nSPS) is 18.8. The highest BCUT2D eigenvalue weighted by Gasteiger charge is 2.34. The number of aromatic nitrogens is 3. The van der Waals surface area contributed by atoms with Crippen LogP contribution < -0.4 is 16.0 Å². The number of ether oxygens (including phenoxy) is 3. The predicted octanol–water partition coefficient (Wildman–Crippen LogP) is 4.07. The molecule has 0 bridgehead atoms. The Morgan fingerprint density at radius 3 is 2.70 bits per heavy atom. The smallest absolute Gasteiger partial charge is 0.332 e. The first-order valence-electron chi connectivity index (χ1n) is 14.3. The van der Waals surface area contributed by atoms with Crippen molar-refractivity contribution >= 4 is 27.5 Å². The number of likely N-dealkylation sites (tertiary alicyclic amines) is 1. The maximum atomic E-state index is 14.6. The molecule has 2 atom stereocenters. The fraction of sp³-hybridized carbons (Fsp3) is 0.467. The van der Waals surface area contributed by atoms with Gasteiger partial charge in [-0.3, -0.25) is 14.2 Å². The number of oxazole rings is 1. The molecule has 0 saturated carbocycles. The van der Waals surface area contributed by atoms with Gasteiger partial charge in [0, 0.05) is 32.4 Å². The van der Waals surface area contributed by atoms with E-state index in [-0.39, 0.29) is 18.6 Å². The van der Waals surface area contributed by atoms with Crippen molar-refractivity contribution < 1.29 is 27.8 Å². The van der Waals surface area contributed by atoms with Gasteiger partial charge in [-0.1, -0.05) is 0 Å². The van der Waals surface area contributed by atoms with Crippen molar-refractivity contribution in [1.82, 2.24) is 19.0 Å². The number of carbonyl (C=O) groups excluding carboxylic acids is 1. The number of amides is 1. The average Bonchev–Trinajstić information content (AvgIpc) is 3.65. The summed E-state index contributed by atoms with van der Waals surface area (Å²) in [5.41, 5.74) is -0.151. The lowest BCUT2D eigenvalue weighted by Gasteiger charge is -2.31. The molecule has 228 valence electrons. The summed E-state index contributed by atoms with van der Waals surface area (Å²) < 4.78 is 40.4. The van der Waals surface area contributed by atoms with E-state index in [4.69, 9.17) is 18.6 Å². The van der Waals surface area contributed by atoms with Gasteiger partial charge in [0.25, 0.3) is 5.56 Å². The SMILES string of the molecule is COc1ccc(F)cc1C(Cn1c(=O)n(C2CCCN(C)C2=O)c(=O)c2c(C)c(-c3ncco3)sc21)OC1CCOCC1. The van der Waals surface area contributed by atoms with Gasteiger partial charge in [0.05, 0.1) is 36.2 Å². The second kappa shape index (κ2) is 12.1. The summed E-state index contributed by atoms with van der Waals surface area (Å²) in [5, 5.41) is 0.301. The average molecular weight is 613 g/mol. The van der Waals surface area contributed by atoms with Crippen LogP contribution in [-0.4, -0.2) is 64.9 Å². The number of halogens is 1. The molecule has 6 rings (SSSR count). The molecule has 4 aromatic rings. The summed E-state index contributed by atoms with van der Waals surface area (Å²) in [4.78, 5) is 48.6. The van der Waals surface area contributed by atoms with E-state index in [9.17, 15) is 18.8 Å². The van der Waals surface area contributed by atoms with E-state index in [2.05, 4.69) is 4.98 Å². The Balaban J connectivity index is 1.57. The summed E-state index contributed by atoms with van der Waals surface area (Å²) in [6.07, 6.45) is 4.20. The topological polar surface area (TPSA) is 118 Å². The first-order chi connectivity index (χ1) is 20.8. The van der Waals surface area contributed by atoms with Gasteiger partial charge in [0.15, 0.2) is 0 Å². The van der Waals surface area contributed by atoms with Crippen molar-refractivity contribution in [2.45, 2.75) is 57.4 Å². The third kappa shape index (κ3) is 5.41. The third-order valence-corrected chi connectivity index (χ3v) is 9.53. The van der Waals surface area contributed by atoms with Crippen molar-refractivity contribution in [2.24, 2.45) is 0 Å². The van der Waals surface area contributed by atoms with Crippen LogP contribution in [0.1, 0.15) is 49.0 Å². The van der Waals surface area contributed by atoms with Gasteiger partial charge in [0.1, 0.15) is 34.8 Å². The summed E-state index contributed by atoms with van der Waals surface area (Å²) in [6, 6.07) is 3.22. The van der Waals surface area contributed by atoms with E-state index < -0.39 is 29.2 Å². The quantitative estimate of drug-likeness (QED) is 0.292. The number of likely N-dealkylation sites (N-methyl/N-ethyl adjacent to an activating group) is 1. The molecule has 2 aliphatic rings.